The smallest absolute Gasteiger partial charge is 0.0362 e. The van der Waals surface area contributed by atoms with Gasteiger partial charge in [-0.2, -0.15) is 0 Å². The van der Waals surface area contributed by atoms with Crippen LogP contribution in [-0.2, 0) is 0 Å². The molecule has 2 unspecified atom stereocenters. The molecule has 0 aliphatic heterocycles. The average molecular weight is 240 g/mol. The number of hydrogen-bond acceptors (Lipinski definition) is 2. The van der Waals surface area contributed by atoms with E-state index in [0.717, 1.165) is 13.1 Å². The summed E-state index contributed by atoms with van der Waals surface area (Å²) in [5, 5.41) is 0. The van der Waals surface area contributed by atoms with Gasteiger partial charge in [-0.1, -0.05) is 47.0 Å². The minimum atomic E-state index is 0.304. The van der Waals surface area contributed by atoms with Crippen LogP contribution in [0.4, 0.5) is 0 Å². The predicted octanol–water partition coefficient (Wildman–Crippen LogP) is 3.40. The van der Waals surface area contributed by atoms with Crippen molar-refractivity contribution in [2.24, 2.45) is 11.7 Å². The molecule has 2 N–H and O–H groups in total. The highest BCUT2D eigenvalue weighted by atomic mass is 15.2. The molecule has 1 rings (SSSR count). The second-order valence-electron chi connectivity index (χ2n) is 5.77. The van der Waals surface area contributed by atoms with Gasteiger partial charge in [-0.3, -0.25) is 4.90 Å². The Hall–Kier alpha value is -0.0800. The van der Waals surface area contributed by atoms with Crippen molar-refractivity contribution in [2.75, 3.05) is 13.1 Å². The average Bonchev–Trinajstić information content (AvgIpc) is 2.80. The standard InChI is InChI=1S/C15H32N2/c1-5-10-13(4)14(16)15(11-8-9-12-15)17(6-2)7-3/h13-14H,5-12,16H2,1-4H3. The van der Waals surface area contributed by atoms with Gasteiger partial charge in [0.05, 0.1) is 0 Å². The van der Waals surface area contributed by atoms with E-state index in [1.165, 1.54) is 38.5 Å². The summed E-state index contributed by atoms with van der Waals surface area (Å²) in [6, 6.07) is 0.352. The van der Waals surface area contributed by atoms with E-state index in [1.807, 2.05) is 0 Å². The molecule has 0 aromatic heterocycles. The predicted molar refractivity (Wildman–Crippen MR) is 76.2 cm³/mol. The lowest BCUT2D eigenvalue weighted by atomic mass is 9.78. The first-order valence-electron chi connectivity index (χ1n) is 7.63. The molecule has 0 aromatic rings. The van der Waals surface area contributed by atoms with E-state index in [4.69, 9.17) is 5.73 Å². The van der Waals surface area contributed by atoms with Crippen LogP contribution in [0.25, 0.3) is 0 Å². The van der Waals surface area contributed by atoms with Crippen molar-refractivity contribution in [3.05, 3.63) is 0 Å². The van der Waals surface area contributed by atoms with E-state index in [-0.39, 0.29) is 0 Å². The van der Waals surface area contributed by atoms with Crippen molar-refractivity contribution in [1.29, 1.82) is 0 Å². The first kappa shape index (κ1) is 15.0. The molecule has 0 bridgehead atoms. The zero-order valence-corrected chi connectivity index (χ0v) is 12.3. The molecular weight excluding hydrogens is 208 g/mol. The van der Waals surface area contributed by atoms with Crippen LogP contribution in [0.2, 0.25) is 0 Å². The lowest BCUT2D eigenvalue weighted by molar-refractivity contribution is 0.0565. The van der Waals surface area contributed by atoms with Crippen molar-refractivity contribution < 1.29 is 0 Å². The summed E-state index contributed by atoms with van der Waals surface area (Å²) in [6.45, 7) is 11.5. The largest absolute Gasteiger partial charge is 0.326 e. The van der Waals surface area contributed by atoms with Gasteiger partial charge in [-0.15, -0.1) is 0 Å². The van der Waals surface area contributed by atoms with Gasteiger partial charge in [0.25, 0.3) is 0 Å². The van der Waals surface area contributed by atoms with Crippen molar-refractivity contribution in [2.45, 2.75) is 77.8 Å². The maximum atomic E-state index is 6.65. The second kappa shape index (κ2) is 6.75. The second-order valence-corrected chi connectivity index (χ2v) is 5.77. The van der Waals surface area contributed by atoms with Gasteiger partial charge >= 0.3 is 0 Å². The van der Waals surface area contributed by atoms with Gasteiger partial charge in [-0.25, -0.2) is 0 Å². The van der Waals surface area contributed by atoms with Crippen LogP contribution in [0.1, 0.15) is 66.2 Å². The highest BCUT2D eigenvalue weighted by molar-refractivity contribution is 5.03. The summed E-state index contributed by atoms with van der Waals surface area (Å²) in [5.41, 5.74) is 6.96. The fourth-order valence-corrected chi connectivity index (χ4v) is 3.87. The maximum absolute atomic E-state index is 6.65. The number of likely N-dealkylation sites (N-methyl/N-ethyl adjacent to an activating group) is 1. The summed E-state index contributed by atoms with van der Waals surface area (Å²) in [7, 11) is 0. The number of rotatable bonds is 7. The van der Waals surface area contributed by atoms with Crippen LogP contribution >= 0.6 is 0 Å². The highest BCUT2D eigenvalue weighted by Gasteiger charge is 2.44. The van der Waals surface area contributed by atoms with Crippen LogP contribution in [0, 0.1) is 5.92 Å². The third kappa shape index (κ3) is 3.03. The van der Waals surface area contributed by atoms with Gasteiger partial charge in [0.2, 0.25) is 0 Å². The molecule has 0 radical (unpaired) electrons. The Morgan fingerprint density at radius 2 is 1.65 bits per heavy atom. The molecule has 1 saturated carbocycles. The molecule has 2 atom stereocenters. The lowest BCUT2D eigenvalue weighted by Crippen LogP contribution is -2.60. The third-order valence-electron chi connectivity index (χ3n) is 4.84. The fourth-order valence-electron chi connectivity index (χ4n) is 3.87. The van der Waals surface area contributed by atoms with Crippen molar-refractivity contribution in [3.63, 3.8) is 0 Å². The molecule has 0 saturated heterocycles. The van der Waals surface area contributed by atoms with Gasteiger partial charge in [-0.05, 0) is 38.3 Å². The molecule has 1 aliphatic rings. The molecular formula is C15H32N2. The van der Waals surface area contributed by atoms with Gasteiger partial charge in [0.15, 0.2) is 0 Å². The van der Waals surface area contributed by atoms with E-state index in [2.05, 4.69) is 32.6 Å². The third-order valence-corrected chi connectivity index (χ3v) is 4.84. The topological polar surface area (TPSA) is 29.3 Å². The Kier molecular flexibility index (Phi) is 5.94. The first-order chi connectivity index (χ1) is 8.12. The Balaban J connectivity index is 2.82. The number of nitrogens with zero attached hydrogens (tertiary/aromatic N) is 1. The fraction of sp³-hybridized carbons (Fsp3) is 1.00. The minimum Gasteiger partial charge on any atom is -0.326 e. The van der Waals surface area contributed by atoms with E-state index < -0.39 is 0 Å². The zero-order valence-electron chi connectivity index (χ0n) is 12.3. The Morgan fingerprint density at radius 3 is 2.06 bits per heavy atom. The number of hydrogen-bond donors (Lipinski definition) is 1. The van der Waals surface area contributed by atoms with Crippen LogP contribution < -0.4 is 5.73 Å². The molecule has 0 aromatic carbocycles. The van der Waals surface area contributed by atoms with E-state index >= 15 is 0 Å². The lowest BCUT2D eigenvalue weighted by Gasteiger charge is -2.47. The van der Waals surface area contributed by atoms with Crippen LogP contribution in [0.15, 0.2) is 0 Å². The van der Waals surface area contributed by atoms with Gasteiger partial charge < -0.3 is 5.73 Å². The van der Waals surface area contributed by atoms with Crippen LogP contribution in [0.5, 0.6) is 0 Å². The summed E-state index contributed by atoms with van der Waals surface area (Å²) in [4.78, 5) is 2.64. The first-order valence-corrected chi connectivity index (χ1v) is 7.63. The van der Waals surface area contributed by atoms with Crippen molar-refractivity contribution in [1.82, 2.24) is 4.90 Å². The molecule has 102 valence electrons. The SMILES string of the molecule is CCCC(C)C(N)C1(N(CC)CC)CCCC1. The van der Waals surface area contributed by atoms with E-state index in [0.29, 0.717) is 17.5 Å². The van der Waals surface area contributed by atoms with Crippen molar-refractivity contribution >= 4 is 0 Å². The van der Waals surface area contributed by atoms with E-state index in [9.17, 15) is 0 Å². The van der Waals surface area contributed by atoms with Crippen LogP contribution in [-0.4, -0.2) is 29.6 Å². The Morgan fingerprint density at radius 1 is 1.12 bits per heavy atom. The van der Waals surface area contributed by atoms with Crippen LogP contribution in [0.3, 0.4) is 0 Å². The Bertz CT molecular complexity index is 205. The van der Waals surface area contributed by atoms with Gasteiger partial charge in [0.1, 0.15) is 0 Å². The quantitative estimate of drug-likeness (QED) is 0.739. The molecule has 1 fully saturated rings. The van der Waals surface area contributed by atoms with Gasteiger partial charge in [0, 0.05) is 11.6 Å². The molecule has 2 nitrogen and oxygen atoms in total. The summed E-state index contributed by atoms with van der Waals surface area (Å²) >= 11 is 0. The summed E-state index contributed by atoms with van der Waals surface area (Å²) in [5.74, 6) is 0.652. The zero-order chi connectivity index (χ0) is 12.9. The minimum absolute atomic E-state index is 0.304. The number of nitrogens with two attached hydrogens (primary N) is 1. The molecule has 2 heteroatoms. The molecule has 0 heterocycles. The summed E-state index contributed by atoms with van der Waals surface area (Å²) in [6.07, 6.45) is 7.87. The molecule has 17 heavy (non-hydrogen) atoms. The van der Waals surface area contributed by atoms with Crippen molar-refractivity contribution in [3.8, 4) is 0 Å². The molecule has 0 amide bonds. The molecule has 0 spiro atoms. The molecule has 1 aliphatic carbocycles. The maximum Gasteiger partial charge on any atom is 0.0362 e. The monoisotopic (exact) mass is 240 g/mol. The highest BCUT2D eigenvalue weighted by Crippen LogP contribution is 2.40. The Labute approximate surface area is 108 Å². The normalized spacial score (nSPS) is 22.9. The summed E-state index contributed by atoms with van der Waals surface area (Å²) < 4.78 is 0. The van der Waals surface area contributed by atoms with E-state index in [1.54, 1.807) is 0 Å².